The Morgan fingerprint density at radius 3 is 2.48 bits per heavy atom. The number of sulfonamides is 1. The van der Waals surface area contributed by atoms with E-state index < -0.39 is 10.0 Å². The van der Waals surface area contributed by atoms with Crippen LogP contribution >= 0.6 is 0 Å². The maximum absolute atomic E-state index is 12.1. The van der Waals surface area contributed by atoms with Crippen LogP contribution in [0.1, 0.15) is 30.9 Å². The van der Waals surface area contributed by atoms with Gasteiger partial charge in [-0.05, 0) is 31.9 Å². The van der Waals surface area contributed by atoms with Gasteiger partial charge in [0.15, 0.2) is 0 Å². The Morgan fingerprint density at radius 2 is 1.95 bits per heavy atom. The van der Waals surface area contributed by atoms with Crippen LogP contribution in [0.15, 0.2) is 18.2 Å². The lowest BCUT2D eigenvalue weighted by molar-refractivity contribution is -0.116. The number of nitrogens with one attached hydrogen (secondary N) is 1. The summed E-state index contributed by atoms with van der Waals surface area (Å²) in [7, 11) is -3.37. The molecular formula is C15H24N2O3S. The number of rotatable bonds is 7. The molecule has 0 aromatic heterocycles. The zero-order chi connectivity index (χ0) is 16.0. The Kier molecular flexibility index (Phi) is 6.36. The fourth-order valence-corrected chi connectivity index (χ4v) is 2.81. The smallest absolute Gasteiger partial charge is 0.239 e. The minimum Gasteiger partial charge on any atom is -0.325 e. The van der Waals surface area contributed by atoms with E-state index in [1.807, 2.05) is 39.0 Å². The molecule has 5 nitrogen and oxygen atoms in total. The van der Waals surface area contributed by atoms with E-state index >= 15 is 0 Å². The van der Waals surface area contributed by atoms with Gasteiger partial charge in [-0.15, -0.1) is 0 Å². The number of unbranched alkanes of at least 4 members (excludes halogenated alkanes) is 1. The van der Waals surface area contributed by atoms with Gasteiger partial charge in [-0.1, -0.05) is 31.0 Å². The average molecular weight is 312 g/mol. The molecule has 0 saturated carbocycles. The molecule has 0 fully saturated rings. The predicted octanol–water partition coefficient (Wildman–Crippen LogP) is 2.30. The van der Waals surface area contributed by atoms with Gasteiger partial charge in [0.05, 0.1) is 12.8 Å². The Hall–Kier alpha value is -1.40. The van der Waals surface area contributed by atoms with E-state index in [4.69, 9.17) is 0 Å². The second-order valence-corrected chi connectivity index (χ2v) is 7.30. The van der Waals surface area contributed by atoms with Crippen LogP contribution in [-0.2, 0) is 14.8 Å². The van der Waals surface area contributed by atoms with Crippen LogP contribution in [0.5, 0.6) is 0 Å². The third-order valence-electron chi connectivity index (χ3n) is 3.21. The zero-order valence-corrected chi connectivity index (χ0v) is 14.0. The number of nitrogens with zero attached hydrogens (tertiary/aromatic N) is 1. The molecule has 0 spiro atoms. The Morgan fingerprint density at radius 1 is 1.29 bits per heavy atom. The summed E-state index contributed by atoms with van der Waals surface area (Å²) in [5.41, 5.74) is 2.79. The summed E-state index contributed by atoms with van der Waals surface area (Å²) in [4.78, 5) is 12.1. The van der Waals surface area contributed by atoms with Gasteiger partial charge < -0.3 is 5.32 Å². The topological polar surface area (TPSA) is 66.5 Å². The molecule has 1 aromatic carbocycles. The highest BCUT2D eigenvalue weighted by Gasteiger charge is 2.19. The van der Waals surface area contributed by atoms with Gasteiger partial charge in [-0.3, -0.25) is 4.79 Å². The van der Waals surface area contributed by atoms with E-state index in [9.17, 15) is 13.2 Å². The van der Waals surface area contributed by atoms with Gasteiger partial charge >= 0.3 is 0 Å². The number of hydrogen-bond acceptors (Lipinski definition) is 3. The van der Waals surface area contributed by atoms with Crippen molar-refractivity contribution in [3.8, 4) is 0 Å². The second kappa shape index (κ2) is 7.56. The Labute approximate surface area is 127 Å². The minimum absolute atomic E-state index is 0.147. The fraction of sp³-hybridized carbons (Fsp3) is 0.533. The number of anilines is 1. The van der Waals surface area contributed by atoms with Gasteiger partial charge in [0, 0.05) is 12.2 Å². The van der Waals surface area contributed by atoms with Crippen molar-refractivity contribution in [3.05, 3.63) is 29.3 Å². The molecule has 1 amide bonds. The van der Waals surface area contributed by atoms with Crippen LogP contribution in [-0.4, -0.2) is 38.0 Å². The SMILES string of the molecule is CCCCN(CC(=O)Nc1ccc(C)cc1C)S(C)(=O)=O. The van der Waals surface area contributed by atoms with Crippen LogP contribution in [0.25, 0.3) is 0 Å². The predicted molar refractivity (Wildman–Crippen MR) is 85.9 cm³/mol. The van der Waals surface area contributed by atoms with Crippen molar-refractivity contribution in [1.29, 1.82) is 0 Å². The normalized spacial score (nSPS) is 11.7. The van der Waals surface area contributed by atoms with Gasteiger partial charge in [0.2, 0.25) is 15.9 Å². The van der Waals surface area contributed by atoms with Crippen LogP contribution in [0.4, 0.5) is 5.69 Å². The molecule has 0 aliphatic heterocycles. The molecule has 0 bridgehead atoms. The van der Waals surface area contributed by atoms with Crippen molar-refractivity contribution in [3.63, 3.8) is 0 Å². The average Bonchev–Trinajstić information content (AvgIpc) is 2.36. The first kappa shape index (κ1) is 17.7. The van der Waals surface area contributed by atoms with Crippen molar-refractivity contribution < 1.29 is 13.2 Å². The lowest BCUT2D eigenvalue weighted by Gasteiger charge is -2.19. The van der Waals surface area contributed by atoms with Crippen molar-refractivity contribution in [2.45, 2.75) is 33.6 Å². The van der Waals surface area contributed by atoms with Crippen LogP contribution in [0.2, 0.25) is 0 Å². The molecule has 0 aliphatic rings. The lowest BCUT2D eigenvalue weighted by Crippen LogP contribution is -2.38. The molecule has 0 unspecified atom stereocenters. The second-order valence-electron chi connectivity index (χ2n) is 5.32. The van der Waals surface area contributed by atoms with Gasteiger partial charge in [0.1, 0.15) is 0 Å². The quantitative estimate of drug-likeness (QED) is 0.840. The molecule has 118 valence electrons. The first-order chi connectivity index (χ1) is 9.74. The van der Waals surface area contributed by atoms with Gasteiger partial charge in [0.25, 0.3) is 0 Å². The minimum atomic E-state index is -3.37. The fourth-order valence-electron chi connectivity index (χ4n) is 2.00. The van der Waals surface area contributed by atoms with Crippen LogP contribution in [0, 0.1) is 13.8 Å². The van der Waals surface area contributed by atoms with Gasteiger partial charge in [-0.25, -0.2) is 8.42 Å². The van der Waals surface area contributed by atoms with Crippen molar-refractivity contribution in [2.24, 2.45) is 0 Å². The first-order valence-corrected chi connectivity index (χ1v) is 8.91. The largest absolute Gasteiger partial charge is 0.325 e. The highest BCUT2D eigenvalue weighted by Crippen LogP contribution is 2.16. The van der Waals surface area contributed by atoms with Crippen LogP contribution in [0.3, 0.4) is 0 Å². The third kappa shape index (κ3) is 5.85. The molecule has 0 saturated heterocycles. The molecular weight excluding hydrogens is 288 g/mol. The van der Waals surface area contributed by atoms with Gasteiger partial charge in [-0.2, -0.15) is 4.31 Å². The van der Waals surface area contributed by atoms with Crippen molar-refractivity contribution in [2.75, 3.05) is 24.7 Å². The molecule has 1 aromatic rings. The van der Waals surface area contributed by atoms with E-state index in [0.29, 0.717) is 6.54 Å². The molecule has 1 rings (SSSR count). The van der Waals surface area contributed by atoms with Crippen LogP contribution < -0.4 is 5.32 Å². The lowest BCUT2D eigenvalue weighted by atomic mass is 10.1. The number of carbonyl (C=O) groups excluding carboxylic acids is 1. The maximum Gasteiger partial charge on any atom is 0.239 e. The molecule has 0 heterocycles. The third-order valence-corrected chi connectivity index (χ3v) is 4.46. The highest BCUT2D eigenvalue weighted by molar-refractivity contribution is 7.88. The monoisotopic (exact) mass is 312 g/mol. The number of carbonyl (C=O) groups is 1. The number of aryl methyl sites for hydroxylation is 2. The van der Waals surface area contributed by atoms with E-state index in [2.05, 4.69) is 5.32 Å². The number of amides is 1. The number of benzene rings is 1. The van der Waals surface area contributed by atoms with E-state index in [1.54, 1.807) is 0 Å². The summed E-state index contributed by atoms with van der Waals surface area (Å²) in [6.07, 6.45) is 2.75. The van der Waals surface area contributed by atoms with E-state index in [-0.39, 0.29) is 12.5 Å². The Balaban J connectivity index is 2.74. The summed E-state index contributed by atoms with van der Waals surface area (Å²) >= 11 is 0. The van der Waals surface area contributed by atoms with Crippen molar-refractivity contribution in [1.82, 2.24) is 4.31 Å². The molecule has 21 heavy (non-hydrogen) atoms. The summed E-state index contributed by atoms with van der Waals surface area (Å²) in [5.74, 6) is -0.316. The highest BCUT2D eigenvalue weighted by atomic mass is 32.2. The number of hydrogen-bond donors (Lipinski definition) is 1. The molecule has 6 heteroatoms. The molecule has 0 atom stereocenters. The Bertz CT molecular complexity index is 597. The van der Waals surface area contributed by atoms with E-state index in [1.165, 1.54) is 4.31 Å². The standard InChI is InChI=1S/C15H24N2O3S/c1-5-6-9-17(21(4,19)20)11-15(18)16-14-8-7-12(2)10-13(14)3/h7-8,10H,5-6,9,11H2,1-4H3,(H,16,18). The summed E-state index contributed by atoms with van der Waals surface area (Å²) in [5, 5.41) is 2.77. The van der Waals surface area contributed by atoms with Crippen molar-refractivity contribution >= 4 is 21.6 Å². The maximum atomic E-state index is 12.1. The first-order valence-electron chi connectivity index (χ1n) is 7.06. The molecule has 0 radical (unpaired) electrons. The summed E-state index contributed by atoms with van der Waals surface area (Å²) in [6.45, 7) is 6.10. The molecule has 0 aliphatic carbocycles. The molecule has 1 N–H and O–H groups in total. The summed E-state index contributed by atoms with van der Waals surface area (Å²) < 4.78 is 24.6. The van der Waals surface area contributed by atoms with E-state index in [0.717, 1.165) is 35.9 Å². The zero-order valence-electron chi connectivity index (χ0n) is 13.1. The summed E-state index contributed by atoms with van der Waals surface area (Å²) in [6, 6.07) is 5.72.